The molecule has 0 atom stereocenters. The molecule has 0 aliphatic carbocycles. The fourth-order valence-corrected chi connectivity index (χ4v) is 1.91. The maximum atomic E-state index is 5.99. The van der Waals surface area contributed by atoms with Crippen LogP contribution in [-0.4, -0.2) is 30.3 Å². The Morgan fingerprint density at radius 3 is 1.52 bits per heavy atom. The SMILES string of the molecule is CC(C)COc1ccc(O[Si])c(OCC(C)C)c1OCC(C)C. The van der Waals surface area contributed by atoms with Gasteiger partial charge in [-0.05, 0) is 29.9 Å². The van der Waals surface area contributed by atoms with Crippen LogP contribution in [0.15, 0.2) is 12.1 Å². The Morgan fingerprint density at radius 1 is 0.696 bits per heavy atom. The lowest BCUT2D eigenvalue weighted by atomic mass is 10.2. The maximum absolute atomic E-state index is 5.99. The Hall–Kier alpha value is -1.36. The van der Waals surface area contributed by atoms with Crippen molar-refractivity contribution >= 4 is 10.5 Å². The highest BCUT2D eigenvalue weighted by Crippen LogP contribution is 2.45. The van der Waals surface area contributed by atoms with Crippen molar-refractivity contribution in [2.75, 3.05) is 19.8 Å². The molecule has 5 heteroatoms. The van der Waals surface area contributed by atoms with Gasteiger partial charge < -0.3 is 18.6 Å². The summed E-state index contributed by atoms with van der Waals surface area (Å²) >= 11 is 0. The highest BCUT2D eigenvalue weighted by atomic mass is 28.2. The van der Waals surface area contributed by atoms with E-state index in [4.69, 9.17) is 18.6 Å². The van der Waals surface area contributed by atoms with Crippen LogP contribution in [-0.2, 0) is 0 Å². The second-order valence-corrected chi connectivity index (χ2v) is 7.14. The molecular formula is C18H29O4Si. The molecule has 129 valence electrons. The summed E-state index contributed by atoms with van der Waals surface area (Å²) in [6, 6.07) is 3.68. The van der Waals surface area contributed by atoms with Gasteiger partial charge >= 0.3 is 10.5 Å². The minimum Gasteiger partial charge on any atom is -0.538 e. The standard InChI is InChI=1S/C18H29O4Si/c1-12(2)9-19-15-7-8-16(22-23)18(21-11-14(5)6)17(15)20-10-13(3)4/h7-8,12-14H,9-11H2,1-6H3. The van der Waals surface area contributed by atoms with Crippen LogP contribution in [0.4, 0.5) is 0 Å². The molecule has 0 saturated heterocycles. The third-order valence-electron chi connectivity index (χ3n) is 2.84. The number of hydrogen-bond donors (Lipinski definition) is 0. The third kappa shape index (κ3) is 6.73. The first-order valence-electron chi connectivity index (χ1n) is 8.24. The van der Waals surface area contributed by atoms with Gasteiger partial charge in [0.15, 0.2) is 11.5 Å². The second kappa shape index (κ2) is 9.70. The minimum atomic E-state index is 0.399. The smallest absolute Gasteiger partial charge is 0.341 e. The van der Waals surface area contributed by atoms with Crippen molar-refractivity contribution in [3.8, 4) is 23.0 Å². The zero-order valence-corrected chi connectivity index (χ0v) is 16.1. The minimum absolute atomic E-state index is 0.399. The molecule has 1 aromatic carbocycles. The maximum Gasteiger partial charge on any atom is 0.341 e. The summed E-state index contributed by atoms with van der Waals surface area (Å²) < 4.78 is 23.1. The largest absolute Gasteiger partial charge is 0.538 e. The van der Waals surface area contributed by atoms with Crippen molar-refractivity contribution in [1.82, 2.24) is 0 Å². The molecule has 0 heterocycles. The molecule has 4 nitrogen and oxygen atoms in total. The molecule has 0 fully saturated rings. The molecule has 0 aromatic heterocycles. The van der Waals surface area contributed by atoms with Crippen LogP contribution >= 0.6 is 0 Å². The van der Waals surface area contributed by atoms with Gasteiger partial charge in [-0.25, -0.2) is 0 Å². The predicted molar refractivity (Wildman–Crippen MR) is 93.8 cm³/mol. The van der Waals surface area contributed by atoms with E-state index in [0.29, 0.717) is 60.6 Å². The van der Waals surface area contributed by atoms with Crippen molar-refractivity contribution in [2.45, 2.75) is 41.5 Å². The summed E-state index contributed by atoms with van der Waals surface area (Å²) in [5.74, 6) is 3.68. The van der Waals surface area contributed by atoms with Gasteiger partial charge in [0.05, 0.1) is 19.8 Å². The number of rotatable bonds is 10. The molecule has 0 bridgehead atoms. The van der Waals surface area contributed by atoms with Gasteiger partial charge in [-0.3, -0.25) is 0 Å². The normalized spacial score (nSPS) is 11.2. The van der Waals surface area contributed by atoms with E-state index in [1.807, 2.05) is 12.1 Å². The van der Waals surface area contributed by atoms with E-state index < -0.39 is 0 Å². The van der Waals surface area contributed by atoms with Crippen molar-refractivity contribution < 1.29 is 18.6 Å². The van der Waals surface area contributed by atoms with E-state index in [9.17, 15) is 0 Å². The second-order valence-electron chi connectivity index (χ2n) is 6.94. The predicted octanol–water partition coefficient (Wildman–Crippen LogP) is 4.25. The Balaban J connectivity index is 3.14. The summed E-state index contributed by atoms with van der Waals surface area (Å²) in [4.78, 5) is 0. The van der Waals surface area contributed by atoms with E-state index in [1.54, 1.807) is 0 Å². The topological polar surface area (TPSA) is 36.9 Å². The molecule has 0 aliphatic rings. The zero-order valence-electron chi connectivity index (χ0n) is 15.1. The van der Waals surface area contributed by atoms with Crippen molar-refractivity contribution in [3.63, 3.8) is 0 Å². The highest BCUT2D eigenvalue weighted by molar-refractivity contribution is 6.00. The Morgan fingerprint density at radius 2 is 1.09 bits per heavy atom. The van der Waals surface area contributed by atoms with Gasteiger partial charge in [0.1, 0.15) is 0 Å². The molecule has 0 aliphatic heterocycles. The third-order valence-corrected chi connectivity index (χ3v) is 3.06. The Bertz CT molecular complexity index is 472. The molecule has 0 unspecified atom stereocenters. The monoisotopic (exact) mass is 337 g/mol. The lowest BCUT2D eigenvalue weighted by Crippen LogP contribution is -2.12. The molecule has 1 aromatic rings. The molecule has 0 saturated carbocycles. The lowest BCUT2D eigenvalue weighted by Gasteiger charge is -2.21. The number of ether oxygens (including phenoxy) is 3. The molecule has 1 rings (SSSR count). The first kappa shape index (κ1) is 19.7. The van der Waals surface area contributed by atoms with Gasteiger partial charge in [0, 0.05) is 0 Å². The average Bonchev–Trinajstić information content (AvgIpc) is 2.48. The summed E-state index contributed by atoms with van der Waals surface area (Å²) in [5.41, 5.74) is 0. The zero-order chi connectivity index (χ0) is 17.4. The van der Waals surface area contributed by atoms with Gasteiger partial charge in [-0.15, -0.1) is 0 Å². The van der Waals surface area contributed by atoms with Crippen molar-refractivity contribution in [1.29, 1.82) is 0 Å². The summed E-state index contributed by atoms with van der Waals surface area (Å²) in [6.45, 7) is 14.4. The fourth-order valence-electron chi connectivity index (χ4n) is 1.75. The van der Waals surface area contributed by atoms with E-state index in [0.717, 1.165) is 0 Å². The first-order chi connectivity index (χ1) is 10.8. The molecule has 23 heavy (non-hydrogen) atoms. The Kier molecular flexibility index (Phi) is 8.30. The van der Waals surface area contributed by atoms with Crippen LogP contribution < -0.4 is 18.6 Å². The quantitative estimate of drug-likeness (QED) is 0.598. The van der Waals surface area contributed by atoms with Gasteiger partial charge in [-0.1, -0.05) is 41.5 Å². The van der Waals surface area contributed by atoms with E-state index in [2.05, 4.69) is 52.0 Å². The van der Waals surface area contributed by atoms with E-state index in [-0.39, 0.29) is 0 Å². The van der Waals surface area contributed by atoms with Crippen LogP contribution in [0.3, 0.4) is 0 Å². The van der Waals surface area contributed by atoms with Crippen molar-refractivity contribution in [2.24, 2.45) is 17.8 Å². The van der Waals surface area contributed by atoms with Crippen LogP contribution in [0.1, 0.15) is 41.5 Å². The van der Waals surface area contributed by atoms with E-state index in [1.165, 1.54) is 0 Å². The molecule has 0 amide bonds. The number of hydrogen-bond acceptors (Lipinski definition) is 4. The van der Waals surface area contributed by atoms with Gasteiger partial charge in [-0.2, -0.15) is 0 Å². The summed E-state index contributed by atoms with van der Waals surface area (Å²) in [5, 5.41) is 0. The highest BCUT2D eigenvalue weighted by Gasteiger charge is 2.19. The van der Waals surface area contributed by atoms with Crippen LogP contribution in [0.25, 0.3) is 0 Å². The van der Waals surface area contributed by atoms with E-state index >= 15 is 0 Å². The summed E-state index contributed by atoms with van der Waals surface area (Å²) in [6.07, 6.45) is 0. The van der Waals surface area contributed by atoms with Gasteiger partial charge in [0.2, 0.25) is 11.5 Å². The number of benzene rings is 1. The molecular weight excluding hydrogens is 308 g/mol. The fraction of sp³-hybridized carbons (Fsp3) is 0.667. The summed E-state index contributed by atoms with van der Waals surface area (Å²) in [7, 11) is 3.09. The van der Waals surface area contributed by atoms with Gasteiger partial charge in [0.25, 0.3) is 0 Å². The average molecular weight is 338 g/mol. The first-order valence-corrected chi connectivity index (χ1v) is 8.64. The molecule has 0 spiro atoms. The van der Waals surface area contributed by atoms with Crippen LogP contribution in [0, 0.1) is 17.8 Å². The van der Waals surface area contributed by atoms with Crippen LogP contribution in [0.2, 0.25) is 0 Å². The van der Waals surface area contributed by atoms with Crippen molar-refractivity contribution in [3.05, 3.63) is 12.1 Å². The van der Waals surface area contributed by atoms with Crippen LogP contribution in [0.5, 0.6) is 23.0 Å². The molecule has 3 radical (unpaired) electrons. The molecule has 0 N–H and O–H groups in total. The Labute approximate surface area is 144 Å². The lowest BCUT2D eigenvalue weighted by molar-refractivity contribution is 0.204.